The number of thiophene rings is 1. The number of nitrogens with one attached hydrogen (secondary N) is 1. The lowest BCUT2D eigenvalue weighted by molar-refractivity contribution is 0.910. The van der Waals surface area contributed by atoms with Gasteiger partial charge in [0.05, 0.1) is 9.83 Å². The van der Waals surface area contributed by atoms with Crippen molar-refractivity contribution in [3.05, 3.63) is 61.7 Å². The number of fused-ring (bicyclic) bond motifs is 1. The lowest BCUT2D eigenvalue weighted by Gasteiger charge is -2.16. The van der Waals surface area contributed by atoms with E-state index in [1.165, 1.54) is 25.1 Å². The molecular weight excluding hydrogens is 398 g/mol. The van der Waals surface area contributed by atoms with E-state index in [1.807, 2.05) is 0 Å². The molecule has 4 heteroatoms. The maximum Gasteiger partial charge on any atom is 0.0702 e. The lowest BCUT2D eigenvalue weighted by atomic mass is 10.1. The number of anilines is 1. The van der Waals surface area contributed by atoms with E-state index in [4.69, 9.17) is 0 Å². The van der Waals surface area contributed by atoms with Gasteiger partial charge in [-0.1, -0.05) is 40.2 Å². The van der Waals surface area contributed by atoms with Crippen molar-refractivity contribution in [2.45, 2.75) is 13.0 Å². The molecule has 102 valence electrons. The predicted molar refractivity (Wildman–Crippen MR) is 95.7 cm³/mol. The second-order valence-electron chi connectivity index (χ2n) is 4.65. The Balaban J connectivity index is 1.97. The summed E-state index contributed by atoms with van der Waals surface area (Å²) < 4.78 is 2.30. The zero-order chi connectivity index (χ0) is 14.1. The van der Waals surface area contributed by atoms with E-state index >= 15 is 0 Å². The first kappa shape index (κ1) is 14.1. The van der Waals surface area contributed by atoms with Crippen LogP contribution in [0.15, 0.2) is 56.8 Å². The minimum atomic E-state index is 0.288. The number of hydrogen-bond donors (Lipinski definition) is 1. The minimum absolute atomic E-state index is 0.288. The van der Waals surface area contributed by atoms with Crippen LogP contribution in [0.3, 0.4) is 0 Å². The molecule has 3 aromatic rings. The summed E-state index contributed by atoms with van der Waals surface area (Å²) in [4.78, 5) is 1.32. The van der Waals surface area contributed by atoms with Gasteiger partial charge >= 0.3 is 0 Å². The van der Waals surface area contributed by atoms with Crippen LogP contribution in [0.2, 0.25) is 0 Å². The third-order valence-corrected chi connectivity index (χ3v) is 5.76. The topological polar surface area (TPSA) is 12.0 Å². The Morgan fingerprint density at radius 1 is 0.950 bits per heavy atom. The van der Waals surface area contributed by atoms with E-state index in [0.29, 0.717) is 0 Å². The van der Waals surface area contributed by atoms with Gasteiger partial charge in [0, 0.05) is 20.4 Å². The molecule has 1 aromatic heterocycles. The fourth-order valence-corrected chi connectivity index (χ4v) is 4.16. The van der Waals surface area contributed by atoms with Crippen LogP contribution in [0.1, 0.15) is 17.8 Å². The maximum absolute atomic E-state index is 3.61. The van der Waals surface area contributed by atoms with E-state index < -0.39 is 0 Å². The Hall–Kier alpha value is -0.840. The van der Waals surface area contributed by atoms with Gasteiger partial charge in [0.15, 0.2) is 0 Å². The standard InChI is InChI=1S/C16H13Br2NS/c1-10(15-8-9-16(18)20-15)19-14-7-6-13(17)11-4-2-3-5-12(11)14/h2-10,19H,1H3. The van der Waals surface area contributed by atoms with Crippen molar-refractivity contribution < 1.29 is 0 Å². The first-order valence-electron chi connectivity index (χ1n) is 6.34. The SMILES string of the molecule is CC(Nc1ccc(Br)c2ccccc12)c1ccc(Br)s1. The molecule has 0 saturated heterocycles. The second-order valence-corrected chi connectivity index (χ2v) is 8.00. The average Bonchev–Trinajstić information content (AvgIpc) is 2.89. The molecule has 0 saturated carbocycles. The first-order chi connectivity index (χ1) is 9.65. The molecule has 1 atom stereocenters. The van der Waals surface area contributed by atoms with Crippen LogP contribution in [-0.2, 0) is 0 Å². The van der Waals surface area contributed by atoms with Crippen molar-refractivity contribution in [1.82, 2.24) is 0 Å². The zero-order valence-electron chi connectivity index (χ0n) is 10.9. The van der Waals surface area contributed by atoms with Crippen molar-refractivity contribution in [3.8, 4) is 0 Å². The molecule has 0 aliphatic heterocycles. The summed E-state index contributed by atoms with van der Waals surface area (Å²) in [6.07, 6.45) is 0. The van der Waals surface area contributed by atoms with E-state index in [-0.39, 0.29) is 6.04 Å². The molecule has 2 aromatic carbocycles. The Bertz CT molecular complexity index is 751. The molecule has 3 rings (SSSR count). The van der Waals surface area contributed by atoms with E-state index in [9.17, 15) is 0 Å². The molecule has 0 spiro atoms. The highest BCUT2D eigenvalue weighted by atomic mass is 79.9. The molecule has 0 amide bonds. The quantitative estimate of drug-likeness (QED) is 0.512. The van der Waals surface area contributed by atoms with Crippen LogP contribution in [0.5, 0.6) is 0 Å². The summed E-state index contributed by atoms with van der Waals surface area (Å²) in [5.41, 5.74) is 1.17. The van der Waals surface area contributed by atoms with Gasteiger partial charge in [0.2, 0.25) is 0 Å². The van der Waals surface area contributed by atoms with Gasteiger partial charge in [0.25, 0.3) is 0 Å². The Kier molecular flexibility index (Phi) is 4.15. The van der Waals surface area contributed by atoms with Gasteiger partial charge in [-0.25, -0.2) is 0 Å². The fourth-order valence-electron chi connectivity index (χ4n) is 2.25. The summed E-state index contributed by atoms with van der Waals surface area (Å²) in [7, 11) is 0. The van der Waals surface area contributed by atoms with Gasteiger partial charge in [-0.05, 0) is 52.5 Å². The summed E-state index contributed by atoms with van der Waals surface area (Å²) >= 11 is 8.90. The molecule has 0 aliphatic rings. The van der Waals surface area contributed by atoms with Crippen LogP contribution < -0.4 is 5.32 Å². The highest BCUT2D eigenvalue weighted by molar-refractivity contribution is 9.11. The normalized spacial score (nSPS) is 12.6. The van der Waals surface area contributed by atoms with Crippen LogP contribution >= 0.6 is 43.2 Å². The van der Waals surface area contributed by atoms with Gasteiger partial charge in [-0.3, -0.25) is 0 Å². The predicted octanol–water partition coefficient (Wildman–Crippen LogP) is 6.60. The molecule has 0 bridgehead atoms. The third kappa shape index (κ3) is 2.78. The zero-order valence-corrected chi connectivity index (χ0v) is 14.8. The van der Waals surface area contributed by atoms with Gasteiger partial charge in [0.1, 0.15) is 0 Å². The highest BCUT2D eigenvalue weighted by Crippen LogP contribution is 2.34. The Morgan fingerprint density at radius 3 is 2.40 bits per heavy atom. The summed E-state index contributed by atoms with van der Waals surface area (Å²) in [6.45, 7) is 2.19. The fraction of sp³-hybridized carbons (Fsp3) is 0.125. The average molecular weight is 411 g/mol. The first-order valence-corrected chi connectivity index (χ1v) is 8.74. The van der Waals surface area contributed by atoms with Crippen LogP contribution in [0, 0.1) is 0 Å². The highest BCUT2D eigenvalue weighted by Gasteiger charge is 2.10. The van der Waals surface area contributed by atoms with Gasteiger partial charge in [-0.2, -0.15) is 0 Å². The van der Waals surface area contributed by atoms with Gasteiger partial charge < -0.3 is 5.32 Å². The summed E-state index contributed by atoms with van der Waals surface area (Å²) in [6, 6.07) is 17.2. The maximum atomic E-state index is 3.61. The molecule has 1 N–H and O–H groups in total. The van der Waals surface area contributed by atoms with Crippen molar-refractivity contribution in [3.63, 3.8) is 0 Å². The molecule has 0 radical (unpaired) electrons. The Morgan fingerprint density at radius 2 is 1.70 bits per heavy atom. The number of hydrogen-bond acceptors (Lipinski definition) is 2. The van der Waals surface area contributed by atoms with Crippen LogP contribution in [0.4, 0.5) is 5.69 Å². The summed E-state index contributed by atoms with van der Waals surface area (Å²) in [5, 5.41) is 6.08. The van der Waals surface area contributed by atoms with Crippen LogP contribution in [-0.4, -0.2) is 0 Å². The number of halogens is 2. The Labute approximate surface area is 139 Å². The molecule has 0 fully saturated rings. The molecule has 20 heavy (non-hydrogen) atoms. The summed E-state index contributed by atoms with van der Waals surface area (Å²) in [5.74, 6) is 0. The van der Waals surface area contributed by atoms with Crippen molar-refractivity contribution in [2.24, 2.45) is 0 Å². The lowest BCUT2D eigenvalue weighted by Crippen LogP contribution is -2.05. The molecule has 0 aliphatic carbocycles. The number of benzene rings is 2. The number of rotatable bonds is 3. The monoisotopic (exact) mass is 409 g/mol. The molecular formula is C16H13Br2NS. The van der Waals surface area contributed by atoms with E-state index in [2.05, 4.69) is 92.6 Å². The van der Waals surface area contributed by atoms with Crippen molar-refractivity contribution >= 4 is 59.7 Å². The largest absolute Gasteiger partial charge is 0.377 e. The van der Waals surface area contributed by atoms with E-state index in [0.717, 1.165) is 4.47 Å². The van der Waals surface area contributed by atoms with Crippen LogP contribution in [0.25, 0.3) is 10.8 Å². The molecule has 1 nitrogen and oxygen atoms in total. The third-order valence-electron chi connectivity index (χ3n) is 3.26. The second kappa shape index (κ2) is 5.88. The molecule has 1 unspecified atom stereocenters. The van der Waals surface area contributed by atoms with Crippen molar-refractivity contribution in [2.75, 3.05) is 5.32 Å². The van der Waals surface area contributed by atoms with Gasteiger partial charge in [-0.15, -0.1) is 11.3 Å². The van der Waals surface area contributed by atoms with E-state index in [1.54, 1.807) is 11.3 Å². The van der Waals surface area contributed by atoms with Crippen molar-refractivity contribution in [1.29, 1.82) is 0 Å². The molecule has 1 heterocycles. The minimum Gasteiger partial charge on any atom is -0.377 e. The smallest absolute Gasteiger partial charge is 0.0702 e.